The van der Waals surface area contributed by atoms with E-state index in [1.165, 1.54) is 32.7 Å². The second-order valence-corrected chi connectivity index (χ2v) is 7.93. The predicted molar refractivity (Wildman–Crippen MR) is 124 cm³/mol. The largest absolute Gasteiger partial charge is 0.493 e. The van der Waals surface area contributed by atoms with E-state index in [2.05, 4.69) is 10.3 Å². The second-order valence-electron chi connectivity index (χ2n) is 6.52. The van der Waals surface area contributed by atoms with Crippen molar-refractivity contribution in [3.05, 3.63) is 65.2 Å². The van der Waals surface area contributed by atoms with Crippen molar-refractivity contribution in [1.29, 1.82) is 0 Å². The van der Waals surface area contributed by atoms with Crippen molar-refractivity contribution in [3.63, 3.8) is 0 Å². The topological polar surface area (TPSA) is 69.7 Å². The van der Waals surface area contributed by atoms with Gasteiger partial charge in [0.05, 0.1) is 42.1 Å². The first-order chi connectivity index (χ1) is 15.0. The van der Waals surface area contributed by atoms with E-state index in [-0.39, 0.29) is 5.91 Å². The van der Waals surface area contributed by atoms with Crippen LogP contribution in [-0.2, 0) is 0 Å². The monoisotopic (exact) mass is 454 g/mol. The quantitative estimate of drug-likeness (QED) is 0.393. The van der Waals surface area contributed by atoms with Crippen molar-refractivity contribution in [2.75, 3.05) is 26.6 Å². The number of amides is 1. The molecule has 1 aromatic heterocycles. The van der Waals surface area contributed by atoms with Gasteiger partial charge in [-0.15, -0.1) is 11.3 Å². The molecule has 0 saturated heterocycles. The smallest absolute Gasteiger partial charge is 0.257 e. The lowest BCUT2D eigenvalue weighted by Gasteiger charge is -2.15. The zero-order valence-electron chi connectivity index (χ0n) is 17.1. The molecule has 0 aliphatic heterocycles. The highest BCUT2D eigenvalue weighted by molar-refractivity contribution is 7.21. The molecule has 0 aliphatic carbocycles. The first kappa shape index (κ1) is 21.0. The van der Waals surface area contributed by atoms with Gasteiger partial charge in [-0.25, -0.2) is 4.98 Å². The molecule has 0 aliphatic rings. The predicted octanol–water partition coefficient (Wildman–Crippen LogP) is 5.89. The number of rotatable bonds is 6. The van der Waals surface area contributed by atoms with E-state index in [1.807, 2.05) is 30.3 Å². The van der Waals surface area contributed by atoms with Gasteiger partial charge in [0.25, 0.3) is 5.91 Å². The number of nitrogens with one attached hydrogen (secondary N) is 1. The maximum atomic E-state index is 13.0. The summed E-state index contributed by atoms with van der Waals surface area (Å²) in [7, 11) is 4.55. The number of aromatic nitrogens is 1. The van der Waals surface area contributed by atoms with Gasteiger partial charge in [-0.2, -0.15) is 0 Å². The van der Waals surface area contributed by atoms with Gasteiger partial charge in [-0.05, 0) is 18.2 Å². The van der Waals surface area contributed by atoms with Gasteiger partial charge < -0.3 is 19.5 Å². The average molecular weight is 455 g/mol. The van der Waals surface area contributed by atoms with E-state index in [9.17, 15) is 4.79 Å². The maximum Gasteiger partial charge on any atom is 0.257 e. The van der Waals surface area contributed by atoms with Crippen molar-refractivity contribution in [3.8, 4) is 27.8 Å². The molecule has 8 heteroatoms. The number of benzene rings is 3. The van der Waals surface area contributed by atoms with Crippen molar-refractivity contribution >= 4 is 44.7 Å². The second kappa shape index (κ2) is 8.83. The molecule has 0 fully saturated rings. The summed E-state index contributed by atoms with van der Waals surface area (Å²) >= 11 is 8.16. The Labute approximate surface area is 188 Å². The standard InChI is InChI=1S/C23H19ClN2O4S/c1-28-17-11-13(12-18(29-2)21(17)30-3)25-22(27)14-7-6-8-15(20(14)24)23-26-16-9-4-5-10-19(16)31-23/h4-12H,1-3H3,(H,25,27). The summed E-state index contributed by atoms with van der Waals surface area (Å²) in [4.78, 5) is 17.7. The molecule has 0 radical (unpaired) electrons. The van der Waals surface area contributed by atoms with Crippen LogP contribution in [0.15, 0.2) is 54.6 Å². The summed E-state index contributed by atoms with van der Waals surface area (Å²) in [6.45, 7) is 0. The number of ether oxygens (including phenoxy) is 3. The molecule has 4 rings (SSSR count). The van der Waals surface area contributed by atoms with Crippen molar-refractivity contribution in [2.45, 2.75) is 0 Å². The maximum absolute atomic E-state index is 13.0. The first-order valence-corrected chi connectivity index (χ1v) is 10.5. The van der Waals surface area contributed by atoms with Crippen LogP contribution in [0.3, 0.4) is 0 Å². The van der Waals surface area contributed by atoms with Gasteiger partial charge in [0.15, 0.2) is 11.5 Å². The number of hydrogen-bond donors (Lipinski definition) is 1. The van der Waals surface area contributed by atoms with Gasteiger partial charge in [-0.1, -0.05) is 35.9 Å². The third kappa shape index (κ3) is 4.02. The fourth-order valence-electron chi connectivity index (χ4n) is 3.21. The number of thiazole rings is 1. The van der Waals surface area contributed by atoms with Crippen LogP contribution < -0.4 is 19.5 Å². The number of carbonyl (C=O) groups excluding carboxylic acids is 1. The Kier molecular flexibility index (Phi) is 5.97. The molecule has 0 bridgehead atoms. The minimum absolute atomic E-state index is 0.339. The van der Waals surface area contributed by atoms with Crippen LogP contribution in [0.25, 0.3) is 20.8 Å². The minimum Gasteiger partial charge on any atom is -0.493 e. The fourth-order valence-corrected chi connectivity index (χ4v) is 4.57. The Balaban J connectivity index is 1.68. The zero-order chi connectivity index (χ0) is 22.0. The van der Waals surface area contributed by atoms with E-state index in [1.54, 1.807) is 24.3 Å². The van der Waals surface area contributed by atoms with Crippen LogP contribution in [0.4, 0.5) is 5.69 Å². The molecular formula is C23H19ClN2O4S. The summed E-state index contributed by atoms with van der Waals surface area (Å²) in [5, 5.41) is 3.95. The van der Waals surface area contributed by atoms with Crippen molar-refractivity contribution < 1.29 is 19.0 Å². The lowest BCUT2D eigenvalue weighted by Crippen LogP contribution is -2.13. The SMILES string of the molecule is COc1cc(NC(=O)c2cccc(-c3nc4ccccc4s3)c2Cl)cc(OC)c1OC. The highest BCUT2D eigenvalue weighted by atomic mass is 35.5. The molecule has 3 aromatic carbocycles. The van der Waals surface area contributed by atoms with Crippen LogP contribution in [0.2, 0.25) is 5.02 Å². The van der Waals surface area contributed by atoms with E-state index in [4.69, 9.17) is 25.8 Å². The number of para-hydroxylation sites is 1. The number of hydrogen-bond acceptors (Lipinski definition) is 6. The molecule has 0 unspecified atom stereocenters. The van der Waals surface area contributed by atoms with Crippen molar-refractivity contribution in [2.24, 2.45) is 0 Å². The Morgan fingerprint density at radius 2 is 1.68 bits per heavy atom. The Morgan fingerprint density at radius 3 is 2.32 bits per heavy atom. The lowest BCUT2D eigenvalue weighted by molar-refractivity contribution is 0.102. The summed E-state index contributed by atoms with van der Waals surface area (Å²) in [6, 6.07) is 16.5. The van der Waals surface area contributed by atoms with E-state index in [0.717, 1.165) is 15.2 Å². The third-order valence-corrected chi connectivity index (χ3v) is 6.17. The molecule has 4 aromatic rings. The van der Waals surface area contributed by atoms with Crippen LogP contribution in [-0.4, -0.2) is 32.2 Å². The van der Waals surface area contributed by atoms with Crippen LogP contribution in [0.1, 0.15) is 10.4 Å². The Bertz CT molecular complexity index is 1210. The van der Waals surface area contributed by atoms with E-state index >= 15 is 0 Å². The molecule has 158 valence electrons. The highest BCUT2D eigenvalue weighted by Crippen LogP contribution is 2.40. The summed E-state index contributed by atoms with van der Waals surface area (Å²) in [6.07, 6.45) is 0. The molecule has 31 heavy (non-hydrogen) atoms. The van der Waals surface area contributed by atoms with Gasteiger partial charge in [0, 0.05) is 23.4 Å². The van der Waals surface area contributed by atoms with Gasteiger partial charge >= 0.3 is 0 Å². The number of fused-ring (bicyclic) bond motifs is 1. The number of halogens is 1. The van der Waals surface area contributed by atoms with Gasteiger partial charge in [0.2, 0.25) is 5.75 Å². The molecule has 6 nitrogen and oxygen atoms in total. The van der Waals surface area contributed by atoms with Crippen LogP contribution in [0, 0.1) is 0 Å². The first-order valence-electron chi connectivity index (χ1n) is 9.31. The number of anilines is 1. The van der Waals surface area contributed by atoms with Crippen LogP contribution >= 0.6 is 22.9 Å². The third-order valence-electron chi connectivity index (χ3n) is 4.69. The van der Waals surface area contributed by atoms with Crippen LogP contribution in [0.5, 0.6) is 17.2 Å². The summed E-state index contributed by atoms with van der Waals surface area (Å²) < 4.78 is 17.1. The molecule has 0 saturated carbocycles. The molecular weight excluding hydrogens is 436 g/mol. The zero-order valence-corrected chi connectivity index (χ0v) is 18.6. The number of methoxy groups -OCH3 is 3. The van der Waals surface area contributed by atoms with Crippen molar-refractivity contribution in [1.82, 2.24) is 4.98 Å². The molecule has 1 heterocycles. The molecule has 0 spiro atoms. The fraction of sp³-hybridized carbons (Fsp3) is 0.130. The van der Waals surface area contributed by atoms with E-state index in [0.29, 0.717) is 39.1 Å². The number of carbonyl (C=O) groups is 1. The summed E-state index contributed by atoms with van der Waals surface area (Å²) in [5.41, 5.74) is 2.43. The molecule has 1 N–H and O–H groups in total. The Hall–Kier alpha value is -3.29. The normalized spacial score (nSPS) is 10.7. The average Bonchev–Trinajstić information content (AvgIpc) is 3.22. The highest BCUT2D eigenvalue weighted by Gasteiger charge is 2.19. The molecule has 1 amide bonds. The van der Waals surface area contributed by atoms with Gasteiger partial charge in [0.1, 0.15) is 5.01 Å². The van der Waals surface area contributed by atoms with Gasteiger partial charge in [-0.3, -0.25) is 4.79 Å². The number of nitrogens with zero attached hydrogens (tertiary/aromatic N) is 1. The van der Waals surface area contributed by atoms with E-state index < -0.39 is 0 Å². The summed E-state index contributed by atoms with van der Waals surface area (Å²) in [5.74, 6) is 0.957. The Morgan fingerprint density at radius 1 is 0.968 bits per heavy atom. The molecule has 0 atom stereocenters. The lowest BCUT2D eigenvalue weighted by atomic mass is 10.1. The minimum atomic E-state index is -0.359.